The number of phenols is 1. The predicted molar refractivity (Wildman–Crippen MR) is 116 cm³/mol. The topological polar surface area (TPSA) is 140 Å². The second-order valence-corrected chi connectivity index (χ2v) is 6.59. The zero-order valence-corrected chi connectivity index (χ0v) is 16.1. The molecule has 31 heavy (non-hydrogen) atoms. The van der Waals surface area contributed by atoms with Crippen molar-refractivity contribution < 1.29 is 5.11 Å². The van der Waals surface area contributed by atoms with Gasteiger partial charge in [0.1, 0.15) is 17.4 Å². The monoisotopic (exact) mass is 411 g/mol. The number of nitrogens with one attached hydrogen (secondary N) is 4. The number of aromatic nitrogens is 7. The maximum absolute atomic E-state index is 9.41. The molecule has 0 saturated heterocycles. The summed E-state index contributed by atoms with van der Waals surface area (Å²) in [5.74, 6) is 3.34. The van der Waals surface area contributed by atoms with Crippen molar-refractivity contribution in [3.63, 3.8) is 0 Å². The number of aromatic hydroxyl groups is 1. The predicted octanol–water partition coefficient (Wildman–Crippen LogP) is 3.84. The number of phenolic OH excluding ortho intramolecular Hbond substituents is 1. The third kappa shape index (κ3) is 4.17. The molecule has 10 nitrogen and oxygen atoms in total. The lowest BCUT2D eigenvalue weighted by Gasteiger charge is -2.04. The molecule has 2 aromatic carbocycles. The lowest BCUT2D eigenvalue weighted by Crippen LogP contribution is -2.00. The minimum Gasteiger partial charge on any atom is -0.508 e. The Hall–Kier alpha value is -4.73. The average molecular weight is 411 g/mol. The number of rotatable bonds is 6. The molecule has 5 rings (SSSR count). The summed E-state index contributed by atoms with van der Waals surface area (Å²) in [5.41, 5.74) is 1.75. The summed E-state index contributed by atoms with van der Waals surface area (Å²) in [7, 11) is 0. The van der Waals surface area contributed by atoms with Crippen LogP contribution >= 0.6 is 0 Å². The van der Waals surface area contributed by atoms with Crippen LogP contribution in [0, 0.1) is 0 Å². The summed E-state index contributed by atoms with van der Waals surface area (Å²) in [6.07, 6.45) is 0. The Balaban J connectivity index is 1.29. The highest BCUT2D eigenvalue weighted by atomic mass is 16.3. The SMILES string of the molecule is Oc1ccc(-c2nc(Nc3cccc(Nc4n[nH]c(-c5ccccc5)n4)n3)n[nH]2)cc1. The lowest BCUT2D eigenvalue weighted by molar-refractivity contribution is 0.475. The maximum atomic E-state index is 9.41. The first-order valence-corrected chi connectivity index (χ1v) is 9.44. The van der Waals surface area contributed by atoms with Gasteiger partial charge >= 0.3 is 0 Å². The Labute approximate surface area is 176 Å². The van der Waals surface area contributed by atoms with Gasteiger partial charge < -0.3 is 15.7 Å². The summed E-state index contributed by atoms with van der Waals surface area (Å²) >= 11 is 0. The molecule has 0 saturated carbocycles. The van der Waals surface area contributed by atoms with E-state index in [1.165, 1.54) is 0 Å². The molecule has 0 fully saturated rings. The van der Waals surface area contributed by atoms with Crippen LogP contribution in [-0.2, 0) is 0 Å². The van der Waals surface area contributed by atoms with Gasteiger partial charge in [-0.15, -0.1) is 10.2 Å². The number of benzene rings is 2. The second-order valence-electron chi connectivity index (χ2n) is 6.59. The number of aromatic amines is 2. The Kier molecular flexibility index (Phi) is 4.70. The van der Waals surface area contributed by atoms with Crippen LogP contribution in [0.3, 0.4) is 0 Å². The summed E-state index contributed by atoms with van der Waals surface area (Å²) < 4.78 is 0. The van der Waals surface area contributed by atoms with Crippen molar-refractivity contribution in [2.24, 2.45) is 0 Å². The summed E-state index contributed by atoms with van der Waals surface area (Å²) in [5, 5.41) is 29.7. The van der Waals surface area contributed by atoms with Gasteiger partial charge in [0.2, 0.25) is 11.9 Å². The molecule has 0 amide bonds. The third-order valence-corrected chi connectivity index (χ3v) is 4.39. The van der Waals surface area contributed by atoms with Crippen molar-refractivity contribution in [1.82, 2.24) is 35.3 Å². The molecule has 0 radical (unpaired) electrons. The highest BCUT2D eigenvalue weighted by Gasteiger charge is 2.09. The Morgan fingerprint density at radius 2 is 1.13 bits per heavy atom. The van der Waals surface area contributed by atoms with Crippen molar-refractivity contribution in [1.29, 1.82) is 0 Å². The molecule has 152 valence electrons. The van der Waals surface area contributed by atoms with Gasteiger partial charge in [0, 0.05) is 11.1 Å². The number of hydrogen-bond donors (Lipinski definition) is 5. The zero-order valence-electron chi connectivity index (χ0n) is 16.1. The third-order valence-electron chi connectivity index (χ3n) is 4.39. The van der Waals surface area contributed by atoms with Gasteiger partial charge in [-0.05, 0) is 36.4 Å². The molecule has 0 spiro atoms. The van der Waals surface area contributed by atoms with E-state index in [0.717, 1.165) is 11.1 Å². The van der Waals surface area contributed by atoms with E-state index in [-0.39, 0.29) is 5.75 Å². The first kappa shape index (κ1) is 18.3. The molecule has 0 aliphatic carbocycles. The average Bonchev–Trinajstić information content (AvgIpc) is 3.45. The molecule has 0 bridgehead atoms. The van der Waals surface area contributed by atoms with Crippen molar-refractivity contribution in [2.45, 2.75) is 0 Å². The van der Waals surface area contributed by atoms with Gasteiger partial charge in [-0.25, -0.2) is 4.98 Å². The minimum atomic E-state index is 0.192. The summed E-state index contributed by atoms with van der Waals surface area (Å²) in [4.78, 5) is 13.3. The zero-order chi connectivity index (χ0) is 21.0. The van der Waals surface area contributed by atoms with Crippen LogP contribution in [0.1, 0.15) is 0 Å². The van der Waals surface area contributed by atoms with Gasteiger partial charge in [-0.3, -0.25) is 10.2 Å². The van der Waals surface area contributed by atoms with Gasteiger partial charge in [-0.1, -0.05) is 36.4 Å². The minimum absolute atomic E-state index is 0.192. The molecule has 3 heterocycles. The van der Waals surface area contributed by atoms with Gasteiger partial charge in [0.15, 0.2) is 11.6 Å². The van der Waals surface area contributed by atoms with Crippen molar-refractivity contribution >= 4 is 23.5 Å². The van der Waals surface area contributed by atoms with Gasteiger partial charge in [0.05, 0.1) is 0 Å². The first-order chi connectivity index (χ1) is 15.2. The molecular formula is C21H17N9O. The number of pyridine rings is 1. The maximum Gasteiger partial charge on any atom is 0.248 e. The molecule has 0 aliphatic heterocycles. The van der Waals surface area contributed by atoms with E-state index in [1.807, 2.05) is 42.5 Å². The molecule has 5 aromatic rings. The fourth-order valence-electron chi connectivity index (χ4n) is 2.91. The van der Waals surface area contributed by atoms with E-state index in [0.29, 0.717) is 35.2 Å². The first-order valence-electron chi connectivity index (χ1n) is 9.44. The fraction of sp³-hybridized carbons (Fsp3) is 0. The largest absolute Gasteiger partial charge is 0.508 e. The van der Waals surface area contributed by atoms with Crippen LogP contribution < -0.4 is 10.6 Å². The van der Waals surface area contributed by atoms with Gasteiger partial charge in [0.25, 0.3) is 0 Å². The van der Waals surface area contributed by atoms with E-state index < -0.39 is 0 Å². The normalized spacial score (nSPS) is 10.7. The van der Waals surface area contributed by atoms with E-state index in [9.17, 15) is 5.11 Å². The Morgan fingerprint density at radius 3 is 1.71 bits per heavy atom. The number of hydrogen-bond acceptors (Lipinski definition) is 8. The van der Waals surface area contributed by atoms with Gasteiger partial charge in [-0.2, -0.15) is 9.97 Å². The van der Waals surface area contributed by atoms with Crippen LogP contribution in [0.5, 0.6) is 5.75 Å². The molecular weight excluding hydrogens is 394 g/mol. The quantitative estimate of drug-likeness (QED) is 0.284. The van der Waals surface area contributed by atoms with Crippen molar-refractivity contribution in [3.8, 4) is 28.5 Å². The van der Waals surface area contributed by atoms with Crippen LogP contribution in [0.25, 0.3) is 22.8 Å². The fourth-order valence-corrected chi connectivity index (χ4v) is 2.91. The standard InChI is InChI=1S/C21H17N9O/c31-15-11-9-14(10-12-15)19-26-21(30-28-19)24-17-8-4-7-16(22-17)23-20-25-18(27-29-20)13-5-2-1-3-6-13/h1-12,31H,(H4,22,23,24,25,26,27,28,29,30). The highest BCUT2D eigenvalue weighted by molar-refractivity contribution is 5.61. The Bertz CT molecular complexity index is 1300. The van der Waals surface area contributed by atoms with E-state index in [1.54, 1.807) is 30.3 Å². The van der Waals surface area contributed by atoms with E-state index in [2.05, 4.69) is 46.0 Å². The smallest absolute Gasteiger partial charge is 0.248 e. The van der Waals surface area contributed by atoms with Crippen molar-refractivity contribution in [3.05, 3.63) is 72.8 Å². The molecule has 3 aromatic heterocycles. The summed E-state index contributed by atoms with van der Waals surface area (Å²) in [6.45, 7) is 0. The number of nitrogens with zero attached hydrogens (tertiary/aromatic N) is 5. The van der Waals surface area contributed by atoms with Crippen LogP contribution in [0.2, 0.25) is 0 Å². The second kappa shape index (κ2) is 7.95. The molecule has 5 N–H and O–H groups in total. The lowest BCUT2D eigenvalue weighted by atomic mass is 10.2. The highest BCUT2D eigenvalue weighted by Crippen LogP contribution is 2.21. The number of H-pyrrole nitrogens is 2. The van der Waals surface area contributed by atoms with E-state index >= 15 is 0 Å². The molecule has 10 heteroatoms. The van der Waals surface area contributed by atoms with Crippen LogP contribution in [0.15, 0.2) is 72.8 Å². The van der Waals surface area contributed by atoms with Crippen LogP contribution in [-0.4, -0.2) is 40.5 Å². The van der Waals surface area contributed by atoms with E-state index in [4.69, 9.17) is 0 Å². The Morgan fingerprint density at radius 1 is 0.581 bits per heavy atom. The summed E-state index contributed by atoms with van der Waals surface area (Å²) in [6, 6.07) is 21.9. The van der Waals surface area contributed by atoms with Crippen LogP contribution in [0.4, 0.5) is 23.5 Å². The number of anilines is 4. The molecule has 0 aliphatic rings. The molecule has 0 atom stereocenters. The van der Waals surface area contributed by atoms with Crippen molar-refractivity contribution in [2.75, 3.05) is 10.6 Å². The molecule has 0 unspecified atom stereocenters.